The zero-order valence-electron chi connectivity index (χ0n) is 14.4. The van der Waals surface area contributed by atoms with Crippen molar-refractivity contribution in [2.75, 3.05) is 44.2 Å². The van der Waals surface area contributed by atoms with Gasteiger partial charge in [-0.1, -0.05) is 12.1 Å². The molecule has 2 saturated heterocycles. The SMILES string of the molecule is CC1(C(=O)N2CCN(c3ccccc3[N+](=O)[O-])CC2)CCCNC1.Cl. The fourth-order valence-electron chi connectivity index (χ4n) is 3.66. The Morgan fingerprint density at radius 3 is 2.52 bits per heavy atom. The summed E-state index contributed by atoms with van der Waals surface area (Å²) in [6.45, 7) is 6.22. The van der Waals surface area contributed by atoms with Crippen LogP contribution in [0.3, 0.4) is 0 Å². The van der Waals surface area contributed by atoms with Gasteiger partial charge in [0.2, 0.25) is 5.91 Å². The van der Waals surface area contributed by atoms with E-state index in [0.717, 1.165) is 25.9 Å². The normalized spacial score (nSPS) is 23.7. The van der Waals surface area contributed by atoms with Gasteiger partial charge in [-0.2, -0.15) is 0 Å². The number of para-hydroxylation sites is 2. The lowest BCUT2D eigenvalue weighted by atomic mass is 9.81. The van der Waals surface area contributed by atoms with Gasteiger partial charge in [-0.15, -0.1) is 12.4 Å². The fourth-order valence-corrected chi connectivity index (χ4v) is 3.66. The molecule has 2 aliphatic rings. The van der Waals surface area contributed by atoms with Gasteiger partial charge in [0.15, 0.2) is 0 Å². The van der Waals surface area contributed by atoms with E-state index in [9.17, 15) is 14.9 Å². The number of nitrogens with one attached hydrogen (secondary N) is 1. The standard InChI is InChI=1S/C17H24N4O3.ClH/c1-17(7-4-8-18-13-17)16(22)20-11-9-19(10-12-20)14-5-2-3-6-15(14)21(23)24;/h2-3,5-6,18H,4,7-13H2,1H3;1H. The van der Waals surface area contributed by atoms with E-state index in [4.69, 9.17) is 0 Å². The molecule has 0 radical (unpaired) electrons. The molecule has 1 N–H and O–H groups in total. The van der Waals surface area contributed by atoms with Crippen molar-refractivity contribution < 1.29 is 9.72 Å². The molecule has 3 rings (SSSR count). The minimum Gasteiger partial charge on any atom is -0.362 e. The van der Waals surface area contributed by atoms with Gasteiger partial charge in [-0.25, -0.2) is 0 Å². The maximum absolute atomic E-state index is 12.9. The molecule has 0 aromatic heterocycles. The van der Waals surface area contributed by atoms with Crippen LogP contribution in [-0.4, -0.2) is 55.0 Å². The Bertz CT molecular complexity index is 626. The van der Waals surface area contributed by atoms with Crippen molar-refractivity contribution in [2.45, 2.75) is 19.8 Å². The van der Waals surface area contributed by atoms with E-state index in [-0.39, 0.29) is 34.3 Å². The first-order chi connectivity index (χ1) is 11.5. The largest absolute Gasteiger partial charge is 0.362 e. The van der Waals surface area contributed by atoms with Crippen molar-refractivity contribution >= 4 is 29.7 Å². The van der Waals surface area contributed by atoms with Crippen LogP contribution < -0.4 is 10.2 Å². The smallest absolute Gasteiger partial charge is 0.292 e. The van der Waals surface area contributed by atoms with Gasteiger partial charge < -0.3 is 15.1 Å². The summed E-state index contributed by atoms with van der Waals surface area (Å²) in [5, 5.41) is 14.5. The van der Waals surface area contributed by atoms with Crippen molar-refractivity contribution in [1.82, 2.24) is 10.2 Å². The highest BCUT2D eigenvalue weighted by atomic mass is 35.5. The molecule has 2 fully saturated rings. The van der Waals surface area contributed by atoms with Crippen molar-refractivity contribution in [2.24, 2.45) is 5.41 Å². The molecule has 0 saturated carbocycles. The molecule has 7 nitrogen and oxygen atoms in total. The van der Waals surface area contributed by atoms with Crippen LogP contribution in [0.15, 0.2) is 24.3 Å². The maximum atomic E-state index is 12.9. The molecule has 138 valence electrons. The zero-order valence-corrected chi connectivity index (χ0v) is 15.3. The van der Waals surface area contributed by atoms with Crippen molar-refractivity contribution in [3.05, 3.63) is 34.4 Å². The van der Waals surface area contributed by atoms with Crippen LogP contribution in [0.4, 0.5) is 11.4 Å². The highest BCUT2D eigenvalue weighted by Crippen LogP contribution is 2.31. The number of nitro benzene ring substituents is 1. The quantitative estimate of drug-likeness (QED) is 0.652. The van der Waals surface area contributed by atoms with Crippen LogP contribution >= 0.6 is 12.4 Å². The lowest BCUT2D eigenvalue weighted by molar-refractivity contribution is -0.384. The van der Waals surface area contributed by atoms with E-state index in [0.29, 0.717) is 31.9 Å². The summed E-state index contributed by atoms with van der Waals surface area (Å²) in [6.07, 6.45) is 1.95. The Morgan fingerprint density at radius 1 is 1.24 bits per heavy atom. The summed E-state index contributed by atoms with van der Waals surface area (Å²) < 4.78 is 0. The van der Waals surface area contributed by atoms with E-state index in [1.807, 2.05) is 22.8 Å². The Labute approximate surface area is 153 Å². The number of nitrogens with zero attached hydrogens (tertiary/aromatic N) is 3. The zero-order chi connectivity index (χ0) is 17.2. The van der Waals surface area contributed by atoms with E-state index >= 15 is 0 Å². The lowest BCUT2D eigenvalue weighted by Gasteiger charge is -2.41. The van der Waals surface area contributed by atoms with Crippen LogP contribution in [0.25, 0.3) is 0 Å². The monoisotopic (exact) mass is 368 g/mol. The second-order valence-corrected chi connectivity index (χ2v) is 6.87. The predicted molar refractivity (Wildman–Crippen MR) is 99.3 cm³/mol. The Hall–Kier alpha value is -1.86. The predicted octanol–water partition coefficient (Wildman–Crippen LogP) is 2.05. The molecule has 1 aromatic carbocycles. The number of piperazine rings is 1. The summed E-state index contributed by atoms with van der Waals surface area (Å²) in [4.78, 5) is 27.6. The highest BCUT2D eigenvalue weighted by molar-refractivity contribution is 5.85. The summed E-state index contributed by atoms with van der Waals surface area (Å²) >= 11 is 0. The molecule has 1 unspecified atom stereocenters. The number of hydrogen-bond donors (Lipinski definition) is 1. The topological polar surface area (TPSA) is 78.7 Å². The number of piperidine rings is 1. The van der Waals surface area contributed by atoms with Crippen LogP contribution in [0, 0.1) is 15.5 Å². The fraction of sp³-hybridized carbons (Fsp3) is 0.588. The average molecular weight is 369 g/mol. The molecule has 2 heterocycles. The van der Waals surface area contributed by atoms with Crippen LogP contribution in [0.5, 0.6) is 0 Å². The number of anilines is 1. The minimum absolute atomic E-state index is 0. The van der Waals surface area contributed by atoms with Crippen LogP contribution in [0.1, 0.15) is 19.8 Å². The number of halogens is 1. The van der Waals surface area contributed by atoms with Crippen molar-refractivity contribution in [1.29, 1.82) is 0 Å². The number of carbonyl (C=O) groups excluding carboxylic acids is 1. The Morgan fingerprint density at radius 2 is 1.92 bits per heavy atom. The third kappa shape index (κ3) is 4.04. The van der Waals surface area contributed by atoms with Gasteiger partial charge in [0.1, 0.15) is 5.69 Å². The van der Waals surface area contributed by atoms with Crippen molar-refractivity contribution in [3.8, 4) is 0 Å². The first kappa shape index (κ1) is 19.5. The Balaban J connectivity index is 0.00000225. The number of amides is 1. The third-order valence-electron chi connectivity index (χ3n) is 5.10. The number of rotatable bonds is 3. The highest BCUT2D eigenvalue weighted by Gasteiger charge is 2.38. The molecule has 0 aliphatic carbocycles. The molecule has 0 spiro atoms. The summed E-state index contributed by atoms with van der Waals surface area (Å²) in [6, 6.07) is 6.80. The van der Waals surface area contributed by atoms with Gasteiger partial charge >= 0.3 is 0 Å². The van der Waals surface area contributed by atoms with Crippen LogP contribution in [0.2, 0.25) is 0 Å². The molecule has 25 heavy (non-hydrogen) atoms. The summed E-state index contributed by atoms with van der Waals surface area (Å²) in [7, 11) is 0. The average Bonchev–Trinajstić information content (AvgIpc) is 2.62. The summed E-state index contributed by atoms with van der Waals surface area (Å²) in [5.74, 6) is 0.205. The minimum atomic E-state index is -0.346. The van der Waals surface area contributed by atoms with Gasteiger partial charge in [0.05, 0.1) is 10.3 Å². The molecule has 2 aliphatic heterocycles. The number of nitro groups is 1. The maximum Gasteiger partial charge on any atom is 0.292 e. The van der Waals surface area contributed by atoms with E-state index in [1.54, 1.807) is 12.1 Å². The number of benzene rings is 1. The first-order valence-electron chi connectivity index (χ1n) is 8.50. The molecule has 0 bridgehead atoms. The number of carbonyl (C=O) groups is 1. The molecular weight excluding hydrogens is 344 g/mol. The lowest BCUT2D eigenvalue weighted by Crippen LogP contribution is -2.56. The van der Waals surface area contributed by atoms with Gasteiger partial charge in [0, 0.05) is 38.8 Å². The number of hydrogen-bond acceptors (Lipinski definition) is 5. The van der Waals surface area contributed by atoms with E-state index in [1.165, 1.54) is 6.07 Å². The van der Waals surface area contributed by atoms with Gasteiger partial charge in [-0.05, 0) is 32.4 Å². The van der Waals surface area contributed by atoms with E-state index < -0.39 is 0 Å². The van der Waals surface area contributed by atoms with Gasteiger partial charge in [0.25, 0.3) is 5.69 Å². The third-order valence-corrected chi connectivity index (χ3v) is 5.10. The molecule has 1 aromatic rings. The van der Waals surface area contributed by atoms with Crippen molar-refractivity contribution in [3.63, 3.8) is 0 Å². The first-order valence-corrected chi connectivity index (χ1v) is 8.50. The van der Waals surface area contributed by atoms with Gasteiger partial charge in [-0.3, -0.25) is 14.9 Å². The Kier molecular flexibility index (Phi) is 6.24. The molecule has 8 heteroatoms. The second kappa shape index (κ2) is 8.01. The second-order valence-electron chi connectivity index (χ2n) is 6.87. The van der Waals surface area contributed by atoms with E-state index in [2.05, 4.69) is 5.32 Å². The van der Waals surface area contributed by atoms with Crippen LogP contribution in [-0.2, 0) is 4.79 Å². The molecule has 1 amide bonds. The molecular formula is C17H25ClN4O3. The molecule has 1 atom stereocenters. The summed E-state index contributed by atoms with van der Waals surface area (Å²) in [5.41, 5.74) is 0.444.